The summed E-state index contributed by atoms with van der Waals surface area (Å²) in [5.41, 5.74) is 0. The molecule has 0 N–H and O–H groups in total. The van der Waals surface area contributed by atoms with Gasteiger partial charge < -0.3 is 14.2 Å². The molecule has 1 unspecified atom stereocenters. The zero-order valence-electron chi connectivity index (χ0n) is 39.4. The molecule has 0 saturated carbocycles. The van der Waals surface area contributed by atoms with Crippen LogP contribution < -0.4 is 0 Å². The maximum absolute atomic E-state index is 12.7. The van der Waals surface area contributed by atoms with Crippen LogP contribution in [0.15, 0.2) is 97.2 Å². The Balaban J connectivity index is 4.52. The number of ether oxygens (including phenoxy) is 3. The number of allylic oxidation sites excluding steroid dienone is 15. The van der Waals surface area contributed by atoms with E-state index in [1.807, 2.05) is 6.08 Å². The molecule has 0 aromatic rings. The van der Waals surface area contributed by atoms with Gasteiger partial charge in [0.05, 0.1) is 6.42 Å². The number of esters is 3. The van der Waals surface area contributed by atoms with Gasteiger partial charge in [0.2, 0.25) is 0 Å². The minimum Gasteiger partial charge on any atom is -0.462 e. The Bertz CT molecular complexity index is 1250. The minimum atomic E-state index is -0.838. The van der Waals surface area contributed by atoms with E-state index in [0.29, 0.717) is 19.3 Å². The van der Waals surface area contributed by atoms with Gasteiger partial charge in [-0.05, 0) is 96.3 Å². The molecule has 1 atom stereocenters. The summed E-state index contributed by atoms with van der Waals surface area (Å²) in [5.74, 6) is -1.08. The molecule has 0 radical (unpaired) electrons. The largest absolute Gasteiger partial charge is 0.462 e. The maximum atomic E-state index is 12.7. The Labute approximate surface area is 375 Å². The van der Waals surface area contributed by atoms with Crippen molar-refractivity contribution >= 4 is 17.9 Å². The second-order valence-electron chi connectivity index (χ2n) is 16.0. The predicted molar refractivity (Wildman–Crippen MR) is 260 cm³/mol. The molecule has 0 bridgehead atoms. The van der Waals surface area contributed by atoms with E-state index in [-0.39, 0.29) is 31.6 Å². The van der Waals surface area contributed by atoms with Crippen molar-refractivity contribution in [2.45, 2.75) is 219 Å². The van der Waals surface area contributed by atoms with Gasteiger partial charge in [0.25, 0.3) is 0 Å². The highest BCUT2D eigenvalue weighted by Crippen LogP contribution is 2.13. The average molecular weight is 847 g/mol. The summed E-state index contributed by atoms with van der Waals surface area (Å²) in [6.07, 6.45) is 64.1. The van der Waals surface area contributed by atoms with Crippen LogP contribution in [0.4, 0.5) is 0 Å². The van der Waals surface area contributed by atoms with Crippen LogP contribution in [-0.4, -0.2) is 37.2 Å². The number of unbranched alkanes of at least 4 members (excludes halogenated alkanes) is 17. The van der Waals surface area contributed by atoms with Crippen LogP contribution >= 0.6 is 0 Å². The highest BCUT2D eigenvalue weighted by atomic mass is 16.6. The number of hydrogen-bond donors (Lipinski definition) is 0. The molecule has 0 saturated heterocycles. The molecule has 0 aromatic heterocycles. The highest BCUT2D eigenvalue weighted by Gasteiger charge is 2.19. The fourth-order valence-corrected chi connectivity index (χ4v) is 6.35. The molecule has 61 heavy (non-hydrogen) atoms. The molecule has 0 rings (SSSR count). The van der Waals surface area contributed by atoms with E-state index in [4.69, 9.17) is 14.2 Å². The third-order valence-electron chi connectivity index (χ3n) is 10.1. The fraction of sp³-hybridized carbons (Fsp3) is 0.655. The van der Waals surface area contributed by atoms with E-state index in [1.165, 1.54) is 77.0 Å². The van der Waals surface area contributed by atoms with Gasteiger partial charge >= 0.3 is 17.9 Å². The Morgan fingerprint density at radius 3 is 1.15 bits per heavy atom. The third-order valence-corrected chi connectivity index (χ3v) is 10.1. The van der Waals surface area contributed by atoms with Gasteiger partial charge in [0, 0.05) is 12.8 Å². The van der Waals surface area contributed by atoms with Crippen LogP contribution in [0.2, 0.25) is 0 Å². The van der Waals surface area contributed by atoms with Crippen LogP contribution in [0.1, 0.15) is 213 Å². The quantitative estimate of drug-likeness (QED) is 0.0263. The summed E-state index contributed by atoms with van der Waals surface area (Å²) in [6, 6.07) is 0. The molecule has 0 aliphatic rings. The molecule has 0 spiro atoms. The lowest BCUT2D eigenvalue weighted by molar-refractivity contribution is -0.166. The normalized spacial score (nSPS) is 12.9. The van der Waals surface area contributed by atoms with Gasteiger partial charge in [-0.1, -0.05) is 195 Å². The summed E-state index contributed by atoms with van der Waals surface area (Å²) < 4.78 is 16.6. The van der Waals surface area contributed by atoms with Crippen LogP contribution in [0, 0.1) is 0 Å². The second kappa shape index (κ2) is 49.0. The number of carbonyl (C=O) groups is 3. The summed E-state index contributed by atoms with van der Waals surface area (Å²) >= 11 is 0. The van der Waals surface area contributed by atoms with Crippen molar-refractivity contribution in [3.8, 4) is 0 Å². The van der Waals surface area contributed by atoms with E-state index in [0.717, 1.165) is 89.9 Å². The van der Waals surface area contributed by atoms with Crippen molar-refractivity contribution < 1.29 is 28.6 Å². The first-order valence-corrected chi connectivity index (χ1v) is 24.7. The lowest BCUT2D eigenvalue weighted by atomic mass is 10.1. The van der Waals surface area contributed by atoms with Gasteiger partial charge in [0.1, 0.15) is 13.2 Å². The molecule has 346 valence electrons. The van der Waals surface area contributed by atoms with E-state index >= 15 is 0 Å². The van der Waals surface area contributed by atoms with E-state index in [2.05, 4.69) is 106 Å². The molecular formula is C55H90O6. The van der Waals surface area contributed by atoms with Crippen LogP contribution in [-0.2, 0) is 28.6 Å². The summed E-state index contributed by atoms with van der Waals surface area (Å²) in [7, 11) is 0. The van der Waals surface area contributed by atoms with Gasteiger partial charge in [0.15, 0.2) is 6.10 Å². The lowest BCUT2D eigenvalue weighted by Crippen LogP contribution is -2.30. The van der Waals surface area contributed by atoms with Crippen molar-refractivity contribution in [3.63, 3.8) is 0 Å². The summed E-state index contributed by atoms with van der Waals surface area (Å²) in [5, 5.41) is 0. The zero-order valence-corrected chi connectivity index (χ0v) is 39.4. The molecule has 0 heterocycles. The van der Waals surface area contributed by atoms with Gasteiger partial charge in [-0.2, -0.15) is 0 Å². The molecular weight excluding hydrogens is 757 g/mol. The zero-order chi connectivity index (χ0) is 44.4. The average Bonchev–Trinajstić information content (AvgIpc) is 3.26. The second-order valence-corrected chi connectivity index (χ2v) is 16.0. The smallest absolute Gasteiger partial charge is 0.310 e. The Kier molecular flexibility index (Phi) is 46.0. The van der Waals surface area contributed by atoms with E-state index in [9.17, 15) is 14.4 Å². The van der Waals surface area contributed by atoms with Crippen molar-refractivity contribution in [1.82, 2.24) is 0 Å². The Morgan fingerprint density at radius 1 is 0.361 bits per heavy atom. The Hall–Kier alpha value is -3.67. The van der Waals surface area contributed by atoms with Crippen molar-refractivity contribution in [2.75, 3.05) is 13.2 Å². The van der Waals surface area contributed by atoms with Gasteiger partial charge in [-0.3, -0.25) is 14.4 Å². The molecule has 6 nitrogen and oxygen atoms in total. The van der Waals surface area contributed by atoms with Crippen molar-refractivity contribution in [1.29, 1.82) is 0 Å². The molecule has 0 fully saturated rings. The van der Waals surface area contributed by atoms with E-state index in [1.54, 1.807) is 6.08 Å². The fourth-order valence-electron chi connectivity index (χ4n) is 6.35. The molecule has 6 heteroatoms. The Morgan fingerprint density at radius 2 is 0.705 bits per heavy atom. The van der Waals surface area contributed by atoms with Gasteiger partial charge in [-0.25, -0.2) is 0 Å². The summed E-state index contributed by atoms with van der Waals surface area (Å²) in [6.45, 7) is 6.34. The molecule has 0 aromatic carbocycles. The molecule has 0 amide bonds. The first-order valence-electron chi connectivity index (χ1n) is 24.7. The maximum Gasteiger partial charge on any atom is 0.310 e. The summed E-state index contributed by atoms with van der Waals surface area (Å²) in [4.78, 5) is 37.8. The van der Waals surface area contributed by atoms with Crippen LogP contribution in [0.25, 0.3) is 0 Å². The van der Waals surface area contributed by atoms with Gasteiger partial charge in [-0.15, -0.1) is 0 Å². The minimum absolute atomic E-state index is 0.0913. The highest BCUT2D eigenvalue weighted by molar-refractivity contribution is 5.72. The third kappa shape index (κ3) is 47.2. The standard InChI is InChI=1S/C55H90O6/c1-4-7-10-13-16-19-22-24-26-27-29-30-33-36-39-42-45-48-54(57)60-51-52(50-59-53(56)47-44-41-38-35-32-21-18-15-12-9-6-3)61-55(58)49-46-43-40-37-34-31-28-25-23-20-17-14-11-8-5-2/h8,11,15-20,24-26,28,34,37,43,46,52H,4-7,9-10,12-14,21-23,27,29-33,35-36,38-42,44-45,47-51H2,1-3H3/b11-8-,18-15-,19-16-,20-17-,26-24-,28-25-,37-34-,46-43-. The SMILES string of the molecule is CC/C=C\C/C=C\C/C=C\C/C=C\C/C=C\CC(=O)OC(COC(=O)CCCCCCC/C=C\CCCC)COC(=O)CCCCCCCCC/C=C\C/C=C\CCCCC. The lowest BCUT2D eigenvalue weighted by Gasteiger charge is -2.18. The topological polar surface area (TPSA) is 78.9 Å². The number of rotatable bonds is 43. The monoisotopic (exact) mass is 847 g/mol. The molecule has 0 aliphatic heterocycles. The number of carbonyl (C=O) groups excluding carboxylic acids is 3. The number of hydrogen-bond acceptors (Lipinski definition) is 6. The first-order chi connectivity index (χ1) is 30.0. The first kappa shape index (κ1) is 57.3. The van der Waals surface area contributed by atoms with Crippen LogP contribution in [0.5, 0.6) is 0 Å². The predicted octanol–water partition coefficient (Wildman–Crippen LogP) is 16.2. The van der Waals surface area contributed by atoms with Crippen molar-refractivity contribution in [3.05, 3.63) is 97.2 Å². The van der Waals surface area contributed by atoms with Crippen molar-refractivity contribution in [2.24, 2.45) is 0 Å². The van der Waals surface area contributed by atoms with Crippen LogP contribution in [0.3, 0.4) is 0 Å². The molecule has 0 aliphatic carbocycles. The van der Waals surface area contributed by atoms with E-state index < -0.39 is 12.1 Å².